The van der Waals surface area contributed by atoms with E-state index in [0.29, 0.717) is 0 Å². The van der Waals surface area contributed by atoms with Gasteiger partial charge in [-0.15, -0.1) is 0 Å². The molecule has 0 spiro atoms. The Hall–Kier alpha value is 0. The summed E-state index contributed by atoms with van der Waals surface area (Å²) in [6.07, 6.45) is 13.7. The van der Waals surface area contributed by atoms with Crippen LogP contribution < -0.4 is 0 Å². The van der Waals surface area contributed by atoms with Crippen molar-refractivity contribution in [1.82, 2.24) is 0 Å². The normalized spacial score (nSPS) is 41.8. The van der Waals surface area contributed by atoms with Crippen LogP contribution in [0.15, 0.2) is 0 Å². The molecule has 0 heterocycles. The van der Waals surface area contributed by atoms with Crippen molar-refractivity contribution in [3.63, 3.8) is 0 Å². The summed E-state index contributed by atoms with van der Waals surface area (Å²) in [5, 5.41) is 0. The van der Waals surface area contributed by atoms with Gasteiger partial charge in [0, 0.05) is 0 Å². The molecular formula is C13H24. The number of rotatable bonds is 0. The van der Waals surface area contributed by atoms with E-state index in [1.165, 1.54) is 38.5 Å². The molecule has 0 aromatic heterocycles. The van der Waals surface area contributed by atoms with Crippen LogP contribution in [0.25, 0.3) is 0 Å². The highest BCUT2D eigenvalue weighted by molar-refractivity contribution is 4.86. The molecule has 0 N–H and O–H groups in total. The Kier molecular flexibility index (Phi) is 3.29. The first-order chi connectivity index (χ1) is 6.36. The Bertz CT molecular complexity index is 146. The molecule has 2 rings (SSSR count). The lowest BCUT2D eigenvalue weighted by Crippen LogP contribution is -1.95. The minimum Gasteiger partial charge on any atom is -0.0625 e. The average molecular weight is 180 g/mol. The third-order valence-electron chi connectivity index (χ3n) is 4.12. The Morgan fingerprint density at radius 1 is 0.692 bits per heavy atom. The van der Waals surface area contributed by atoms with Gasteiger partial charge in [-0.3, -0.25) is 0 Å². The number of fused-ring (bicyclic) bond motifs is 1. The van der Waals surface area contributed by atoms with E-state index in [2.05, 4.69) is 6.92 Å². The van der Waals surface area contributed by atoms with E-state index in [0.717, 1.165) is 17.8 Å². The number of hydrogen-bond acceptors (Lipinski definition) is 0. The van der Waals surface area contributed by atoms with Crippen molar-refractivity contribution >= 4 is 0 Å². The van der Waals surface area contributed by atoms with Crippen molar-refractivity contribution in [2.24, 2.45) is 17.8 Å². The monoisotopic (exact) mass is 180 g/mol. The first-order valence-corrected chi connectivity index (χ1v) is 6.36. The van der Waals surface area contributed by atoms with Crippen LogP contribution in [0.5, 0.6) is 0 Å². The van der Waals surface area contributed by atoms with Gasteiger partial charge in [0.05, 0.1) is 0 Å². The van der Waals surface area contributed by atoms with Crippen molar-refractivity contribution in [3.05, 3.63) is 0 Å². The molecule has 0 amide bonds. The third-order valence-corrected chi connectivity index (χ3v) is 4.12. The van der Waals surface area contributed by atoms with Crippen molar-refractivity contribution in [2.45, 2.75) is 64.7 Å². The summed E-state index contributed by atoms with van der Waals surface area (Å²) >= 11 is 0. The second-order valence-corrected chi connectivity index (χ2v) is 5.43. The maximum absolute atomic E-state index is 2.45. The molecule has 0 bridgehead atoms. The summed E-state index contributed by atoms with van der Waals surface area (Å²) in [6.45, 7) is 2.45. The molecule has 13 heavy (non-hydrogen) atoms. The second kappa shape index (κ2) is 4.48. The third kappa shape index (κ3) is 3.00. The summed E-state index contributed by atoms with van der Waals surface area (Å²) in [7, 11) is 0. The summed E-state index contributed by atoms with van der Waals surface area (Å²) in [5.74, 6) is 3.32. The summed E-state index contributed by atoms with van der Waals surface area (Å²) in [6, 6.07) is 0. The van der Waals surface area contributed by atoms with Crippen LogP contribution in [-0.2, 0) is 0 Å². The highest BCUT2D eigenvalue weighted by atomic mass is 14.4. The predicted molar refractivity (Wildman–Crippen MR) is 57.7 cm³/mol. The molecule has 2 fully saturated rings. The van der Waals surface area contributed by atoms with E-state index < -0.39 is 0 Å². The Morgan fingerprint density at radius 2 is 1.38 bits per heavy atom. The van der Waals surface area contributed by atoms with Gasteiger partial charge >= 0.3 is 0 Å². The quantitative estimate of drug-likeness (QED) is 0.518. The van der Waals surface area contributed by atoms with E-state index in [4.69, 9.17) is 0 Å². The molecule has 0 aliphatic heterocycles. The maximum Gasteiger partial charge on any atom is -0.0383 e. The van der Waals surface area contributed by atoms with E-state index in [1.807, 2.05) is 0 Å². The van der Waals surface area contributed by atoms with E-state index >= 15 is 0 Å². The molecule has 3 unspecified atom stereocenters. The van der Waals surface area contributed by atoms with E-state index in [-0.39, 0.29) is 0 Å². The first kappa shape index (κ1) is 9.55. The zero-order chi connectivity index (χ0) is 9.10. The molecule has 0 heteroatoms. The predicted octanol–water partition coefficient (Wildman–Crippen LogP) is 4.39. The fourth-order valence-corrected chi connectivity index (χ4v) is 2.91. The SMILES string of the molecule is CC1CCCCCCC2CC2CC1. The zero-order valence-corrected chi connectivity index (χ0v) is 9.10. The molecule has 0 nitrogen and oxygen atoms in total. The molecule has 0 saturated heterocycles. The highest BCUT2D eigenvalue weighted by Crippen LogP contribution is 2.46. The zero-order valence-electron chi connectivity index (χ0n) is 9.10. The van der Waals surface area contributed by atoms with Crippen LogP contribution in [0.2, 0.25) is 0 Å². The van der Waals surface area contributed by atoms with Crippen LogP contribution >= 0.6 is 0 Å². The largest absolute Gasteiger partial charge is 0.0625 e. The molecule has 0 aromatic carbocycles. The molecule has 3 atom stereocenters. The summed E-state index contributed by atoms with van der Waals surface area (Å²) in [4.78, 5) is 0. The lowest BCUT2D eigenvalue weighted by Gasteiger charge is -2.09. The lowest BCUT2D eigenvalue weighted by molar-refractivity contribution is 0.437. The lowest BCUT2D eigenvalue weighted by atomic mass is 9.97. The van der Waals surface area contributed by atoms with Crippen LogP contribution in [0.1, 0.15) is 64.7 Å². The molecule has 0 radical (unpaired) electrons. The minimum absolute atomic E-state index is 1.01. The Balaban J connectivity index is 1.75. The molecule has 0 aromatic rings. The molecule has 2 aliphatic rings. The minimum atomic E-state index is 1.01. The fraction of sp³-hybridized carbons (Fsp3) is 1.00. The molecule has 76 valence electrons. The highest BCUT2D eigenvalue weighted by Gasteiger charge is 2.35. The van der Waals surface area contributed by atoms with E-state index in [9.17, 15) is 0 Å². The molecule has 2 aliphatic carbocycles. The molecular weight excluding hydrogens is 156 g/mol. The summed E-state index contributed by atoms with van der Waals surface area (Å²) in [5.41, 5.74) is 0. The average Bonchev–Trinajstić information content (AvgIpc) is 2.85. The van der Waals surface area contributed by atoms with Crippen LogP contribution in [0.3, 0.4) is 0 Å². The van der Waals surface area contributed by atoms with Crippen LogP contribution in [-0.4, -0.2) is 0 Å². The van der Waals surface area contributed by atoms with Crippen molar-refractivity contribution < 1.29 is 0 Å². The standard InChI is InChI=1S/C13H24/c1-11-6-4-2-3-5-7-12-10-13(12)9-8-11/h11-13H,2-10H2,1H3. The van der Waals surface area contributed by atoms with Crippen molar-refractivity contribution in [3.8, 4) is 0 Å². The first-order valence-electron chi connectivity index (χ1n) is 6.36. The van der Waals surface area contributed by atoms with Gasteiger partial charge in [-0.1, -0.05) is 51.9 Å². The van der Waals surface area contributed by atoms with Gasteiger partial charge in [-0.2, -0.15) is 0 Å². The smallest absolute Gasteiger partial charge is 0.0383 e. The fourth-order valence-electron chi connectivity index (χ4n) is 2.91. The summed E-state index contributed by atoms with van der Waals surface area (Å²) < 4.78 is 0. The van der Waals surface area contributed by atoms with Crippen molar-refractivity contribution in [1.29, 1.82) is 0 Å². The van der Waals surface area contributed by atoms with Gasteiger partial charge in [-0.05, 0) is 30.6 Å². The van der Waals surface area contributed by atoms with Gasteiger partial charge in [0.15, 0.2) is 0 Å². The second-order valence-electron chi connectivity index (χ2n) is 5.43. The van der Waals surface area contributed by atoms with Crippen molar-refractivity contribution in [2.75, 3.05) is 0 Å². The Labute approximate surface area is 83.1 Å². The van der Waals surface area contributed by atoms with Crippen LogP contribution in [0.4, 0.5) is 0 Å². The number of hydrogen-bond donors (Lipinski definition) is 0. The maximum atomic E-state index is 2.45. The van der Waals surface area contributed by atoms with Gasteiger partial charge in [-0.25, -0.2) is 0 Å². The Morgan fingerprint density at radius 3 is 2.23 bits per heavy atom. The topological polar surface area (TPSA) is 0 Å². The van der Waals surface area contributed by atoms with Gasteiger partial charge in [0.1, 0.15) is 0 Å². The van der Waals surface area contributed by atoms with Gasteiger partial charge in [0.25, 0.3) is 0 Å². The molecule has 2 saturated carbocycles. The van der Waals surface area contributed by atoms with Crippen LogP contribution in [0, 0.1) is 17.8 Å². The van der Waals surface area contributed by atoms with E-state index in [1.54, 1.807) is 19.3 Å². The van der Waals surface area contributed by atoms with Gasteiger partial charge in [0.2, 0.25) is 0 Å². The van der Waals surface area contributed by atoms with Gasteiger partial charge < -0.3 is 0 Å².